The molecule has 0 atom stereocenters. The molecule has 0 aliphatic rings. The third kappa shape index (κ3) is 388. The molecule has 11 heteroatoms. The summed E-state index contributed by atoms with van der Waals surface area (Å²) in [6.07, 6.45) is -2.33. The normalized spacial score (nSPS) is 6.92. The molecule has 0 aliphatic heterocycles. The Bertz CT molecular complexity index is 121. The molecule has 0 aromatic rings. The molecule has 0 unspecified atom stereocenters. The SMILES string of the molecule is O=C([O-])[O-].O=P([O-])([O-])[O-].[Al+3].[Na+].[Na+]. The fourth-order valence-corrected chi connectivity index (χ4v) is 0. The largest absolute Gasteiger partial charge is 3.00 e. The van der Waals surface area contributed by atoms with E-state index in [-0.39, 0.29) is 76.5 Å². The fraction of sp³-hybridized carbons (Fsp3) is 0. The minimum atomic E-state index is -5.39. The summed E-state index contributed by atoms with van der Waals surface area (Å²) in [6.45, 7) is 0. The summed E-state index contributed by atoms with van der Waals surface area (Å²) in [5, 5.41) is 16.7. The van der Waals surface area contributed by atoms with Gasteiger partial charge < -0.3 is 34.3 Å². The molecule has 0 rings (SSSR count). The van der Waals surface area contributed by atoms with E-state index in [1.54, 1.807) is 0 Å². The summed E-state index contributed by atoms with van der Waals surface area (Å²) in [7, 11) is -5.39. The Labute approximate surface area is 123 Å². The average Bonchev–Trinajstić information content (AvgIpc) is 1.19. The Morgan fingerprint density at radius 3 is 1.00 bits per heavy atom. The molecule has 0 fully saturated rings. The van der Waals surface area contributed by atoms with Gasteiger partial charge in [0.15, 0.2) is 0 Å². The smallest absolute Gasteiger partial charge is 0.822 e. The quantitative estimate of drug-likeness (QED) is 0.295. The van der Waals surface area contributed by atoms with E-state index in [9.17, 15) is 0 Å². The Morgan fingerprint density at radius 1 is 1.00 bits per heavy atom. The summed E-state index contributed by atoms with van der Waals surface area (Å²) in [5.74, 6) is 0. The molecule has 0 saturated carbocycles. The maximum atomic E-state index is 8.55. The first kappa shape index (κ1) is 29.2. The Kier molecular flexibility index (Phi) is 37.4. The van der Waals surface area contributed by atoms with Crippen molar-refractivity contribution in [1.82, 2.24) is 0 Å². The van der Waals surface area contributed by atoms with Gasteiger partial charge in [-0.05, 0) is 6.16 Å². The Morgan fingerprint density at radius 2 is 1.00 bits per heavy atom. The number of hydrogen-bond acceptors (Lipinski definition) is 7. The van der Waals surface area contributed by atoms with E-state index in [0.717, 1.165) is 0 Å². The average molecular weight is 228 g/mol. The summed E-state index contributed by atoms with van der Waals surface area (Å²) in [5.41, 5.74) is 0. The van der Waals surface area contributed by atoms with E-state index in [4.69, 9.17) is 34.3 Å². The zero-order valence-electron chi connectivity index (χ0n) is 6.38. The number of carbonyl (C=O) groups is 1. The third-order valence-corrected chi connectivity index (χ3v) is 0. The first-order valence-corrected chi connectivity index (χ1v) is 2.80. The van der Waals surface area contributed by atoms with Crippen molar-refractivity contribution in [2.75, 3.05) is 0 Å². The van der Waals surface area contributed by atoms with Gasteiger partial charge >= 0.3 is 76.5 Å². The standard InChI is InChI=1S/CH2O3.Al.2Na.H3O4P/c2-1(3)4;;;;1-5(2,3)4/h(H2,2,3,4);;;;(H3,1,2,3,4)/q;+3;2*+1;/p-5. The van der Waals surface area contributed by atoms with Crippen molar-refractivity contribution in [2.24, 2.45) is 0 Å². The van der Waals surface area contributed by atoms with Crippen LogP contribution in [-0.4, -0.2) is 23.5 Å². The number of rotatable bonds is 0. The molecule has 7 nitrogen and oxygen atoms in total. The van der Waals surface area contributed by atoms with Crippen LogP contribution >= 0.6 is 7.82 Å². The topological polar surface area (TPSA) is 149 Å². The van der Waals surface area contributed by atoms with Crippen LogP contribution in [0.4, 0.5) is 4.79 Å². The van der Waals surface area contributed by atoms with Crippen molar-refractivity contribution in [3.05, 3.63) is 0 Å². The number of phosphoric acid groups is 1. The van der Waals surface area contributed by atoms with Gasteiger partial charge in [-0.2, -0.15) is 7.82 Å². The molecule has 0 heterocycles. The second kappa shape index (κ2) is 15.4. The van der Waals surface area contributed by atoms with Crippen LogP contribution < -0.4 is 84.0 Å². The van der Waals surface area contributed by atoms with Gasteiger partial charge in [-0.25, -0.2) is 0 Å². The van der Waals surface area contributed by atoms with E-state index in [2.05, 4.69) is 0 Å². The zero-order valence-corrected chi connectivity index (χ0v) is 12.4. The number of hydrogen-bond donors (Lipinski definition) is 0. The van der Waals surface area contributed by atoms with E-state index in [0.29, 0.717) is 0 Å². The fourth-order valence-electron chi connectivity index (χ4n) is 0. The van der Waals surface area contributed by atoms with Crippen molar-refractivity contribution >= 4 is 31.3 Å². The van der Waals surface area contributed by atoms with Crippen molar-refractivity contribution < 1.29 is 93.4 Å². The molecule has 0 radical (unpaired) electrons. The van der Waals surface area contributed by atoms with Gasteiger partial charge in [-0.3, -0.25) is 0 Å². The van der Waals surface area contributed by atoms with Crippen molar-refractivity contribution in [3.8, 4) is 0 Å². The molecule has 56 valence electrons. The van der Waals surface area contributed by atoms with Gasteiger partial charge in [-0.15, -0.1) is 0 Å². The van der Waals surface area contributed by atoms with Gasteiger partial charge in [-0.1, -0.05) is 0 Å². The van der Waals surface area contributed by atoms with Gasteiger partial charge in [0.2, 0.25) is 0 Å². The van der Waals surface area contributed by atoms with Crippen LogP contribution in [0.15, 0.2) is 0 Å². The second-order valence-corrected chi connectivity index (χ2v) is 1.59. The number of carboxylic acid groups (broad SMARTS) is 2. The molecule has 12 heavy (non-hydrogen) atoms. The van der Waals surface area contributed by atoms with Crippen LogP contribution in [0.25, 0.3) is 0 Å². The van der Waals surface area contributed by atoms with Crippen molar-refractivity contribution in [3.63, 3.8) is 0 Å². The minimum absolute atomic E-state index is 0. The van der Waals surface area contributed by atoms with Gasteiger partial charge in [0.25, 0.3) is 0 Å². The Balaban J connectivity index is -0.0000000221. The van der Waals surface area contributed by atoms with Gasteiger partial charge in [0, 0.05) is 0 Å². The van der Waals surface area contributed by atoms with Gasteiger partial charge in [0.05, 0.1) is 0 Å². The maximum Gasteiger partial charge on any atom is 3.00 e. The van der Waals surface area contributed by atoms with E-state index in [1.807, 2.05) is 0 Å². The molecule has 0 aromatic heterocycles. The van der Waals surface area contributed by atoms with Crippen molar-refractivity contribution in [1.29, 1.82) is 0 Å². The molecule has 0 spiro atoms. The predicted octanol–water partition coefficient (Wildman–Crippen LogP) is -11.6. The molecular formula is CAlNa2O7P. The molecule has 0 aromatic carbocycles. The zero-order chi connectivity index (χ0) is 8.08. The molecular weight excluding hydrogens is 228 g/mol. The summed E-state index contributed by atoms with van der Waals surface area (Å²) in [6, 6.07) is 0. The first-order chi connectivity index (χ1) is 3.73. The third-order valence-electron chi connectivity index (χ3n) is 0. The number of carbonyl (C=O) groups excluding carboxylic acids is 1. The van der Waals surface area contributed by atoms with Crippen LogP contribution in [0.5, 0.6) is 0 Å². The van der Waals surface area contributed by atoms with Crippen LogP contribution in [0.3, 0.4) is 0 Å². The minimum Gasteiger partial charge on any atom is -0.822 e. The van der Waals surface area contributed by atoms with Crippen LogP contribution in [0, 0.1) is 0 Å². The summed E-state index contributed by atoms with van der Waals surface area (Å²) < 4.78 is 8.55. The molecule has 0 N–H and O–H groups in total. The molecule has 0 saturated heterocycles. The van der Waals surface area contributed by atoms with Gasteiger partial charge in [0.1, 0.15) is 0 Å². The summed E-state index contributed by atoms with van der Waals surface area (Å²) in [4.78, 5) is 34.0. The monoisotopic (exact) mass is 228 g/mol. The molecule has 0 aliphatic carbocycles. The molecule has 0 bridgehead atoms. The van der Waals surface area contributed by atoms with E-state index < -0.39 is 14.0 Å². The van der Waals surface area contributed by atoms with Crippen LogP contribution in [-0.2, 0) is 4.57 Å². The van der Waals surface area contributed by atoms with Crippen LogP contribution in [0.2, 0.25) is 0 Å². The predicted molar refractivity (Wildman–Crippen MR) is 18.8 cm³/mol. The van der Waals surface area contributed by atoms with Crippen LogP contribution in [0.1, 0.15) is 0 Å². The van der Waals surface area contributed by atoms with E-state index in [1.165, 1.54) is 0 Å². The Hall–Kier alpha value is 1.91. The maximum absolute atomic E-state index is 8.55. The van der Waals surface area contributed by atoms with Crippen molar-refractivity contribution in [2.45, 2.75) is 0 Å². The second-order valence-electron chi connectivity index (χ2n) is 0.697. The van der Waals surface area contributed by atoms with E-state index >= 15 is 0 Å². The first-order valence-electron chi connectivity index (χ1n) is 1.34. The molecule has 0 amide bonds. The summed E-state index contributed by atoms with van der Waals surface area (Å²) >= 11 is 0.